The number of aliphatic hydroxyl groups excluding tert-OH is 1. The molecule has 6 nitrogen and oxygen atoms in total. The number of benzene rings is 2. The van der Waals surface area contributed by atoms with Gasteiger partial charge >= 0.3 is 6.09 Å². The molecule has 1 amide bonds. The Hall–Kier alpha value is -2.57. The SMILES string of the molecule is CC(C)(C)OC(=O)N1C[C@H](N)[C@H](O)[C@@H](n2c3ccccc3c3ccccc32)C1. The van der Waals surface area contributed by atoms with Crippen LogP contribution in [0.1, 0.15) is 26.8 Å². The molecule has 1 aromatic heterocycles. The molecule has 0 aliphatic carbocycles. The van der Waals surface area contributed by atoms with Gasteiger partial charge < -0.3 is 25.0 Å². The zero-order valence-corrected chi connectivity index (χ0v) is 16.5. The number of aromatic nitrogens is 1. The van der Waals surface area contributed by atoms with Crippen molar-refractivity contribution in [2.75, 3.05) is 13.1 Å². The van der Waals surface area contributed by atoms with Gasteiger partial charge in [-0.15, -0.1) is 0 Å². The highest BCUT2D eigenvalue weighted by Gasteiger charge is 2.39. The number of carbonyl (C=O) groups is 1. The first-order chi connectivity index (χ1) is 13.3. The van der Waals surface area contributed by atoms with Gasteiger partial charge in [0.15, 0.2) is 0 Å². The van der Waals surface area contributed by atoms with E-state index in [9.17, 15) is 9.90 Å². The largest absolute Gasteiger partial charge is 0.444 e. The average molecular weight is 381 g/mol. The van der Waals surface area contributed by atoms with E-state index in [1.165, 1.54) is 0 Å². The predicted octanol–water partition coefficient (Wildman–Crippen LogP) is 3.27. The van der Waals surface area contributed by atoms with E-state index in [-0.39, 0.29) is 12.6 Å². The summed E-state index contributed by atoms with van der Waals surface area (Å²) in [5.41, 5.74) is 7.70. The van der Waals surface area contributed by atoms with E-state index in [1.54, 1.807) is 4.90 Å². The van der Waals surface area contributed by atoms with Gasteiger partial charge in [-0.25, -0.2) is 4.79 Å². The van der Waals surface area contributed by atoms with Crippen LogP contribution in [0.4, 0.5) is 4.79 Å². The smallest absolute Gasteiger partial charge is 0.410 e. The Morgan fingerprint density at radius 3 is 2.11 bits per heavy atom. The number of hydrogen-bond donors (Lipinski definition) is 2. The molecule has 1 saturated heterocycles. The third-order valence-corrected chi connectivity index (χ3v) is 5.27. The molecule has 0 spiro atoms. The third-order valence-electron chi connectivity index (χ3n) is 5.27. The van der Waals surface area contributed by atoms with Crippen molar-refractivity contribution < 1.29 is 14.6 Å². The minimum absolute atomic E-state index is 0.268. The lowest BCUT2D eigenvalue weighted by molar-refractivity contribution is -0.0120. The Bertz CT molecular complexity index is 967. The zero-order valence-electron chi connectivity index (χ0n) is 16.5. The molecule has 28 heavy (non-hydrogen) atoms. The molecule has 3 aromatic rings. The maximum Gasteiger partial charge on any atom is 0.410 e. The number of nitrogens with zero attached hydrogens (tertiary/aromatic N) is 2. The van der Waals surface area contributed by atoms with Crippen LogP contribution in [0.15, 0.2) is 48.5 Å². The highest BCUT2D eigenvalue weighted by Crippen LogP contribution is 2.35. The Balaban J connectivity index is 1.79. The second kappa shape index (κ2) is 6.79. The fourth-order valence-electron chi connectivity index (χ4n) is 4.08. The second-order valence-electron chi connectivity index (χ2n) is 8.51. The van der Waals surface area contributed by atoms with Crippen LogP contribution in [-0.2, 0) is 4.74 Å². The van der Waals surface area contributed by atoms with Gasteiger partial charge in [-0.05, 0) is 32.9 Å². The molecule has 2 heterocycles. The standard InChI is InChI=1S/C22H27N3O3/c1-22(2,3)28-21(27)24-12-16(23)20(26)19(13-24)25-17-10-6-4-8-14(17)15-9-5-7-11-18(15)25/h4-11,16,19-20,26H,12-13,23H2,1-3H3/t16-,19-,20-/m0/s1. The Morgan fingerprint density at radius 1 is 1.04 bits per heavy atom. The molecule has 1 fully saturated rings. The van der Waals surface area contributed by atoms with Gasteiger partial charge in [0.25, 0.3) is 0 Å². The first-order valence-electron chi connectivity index (χ1n) is 9.65. The molecule has 0 radical (unpaired) electrons. The molecule has 148 valence electrons. The normalized spacial score (nSPS) is 23.3. The van der Waals surface area contributed by atoms with Crippen LogP contribution < -0.4 is 5.73 Å². The van der Waals surface area contributed by atoms with Gasteiger partial charge in [0.1, 0.15) is 5.60 Å². The first kappa shape index (κ1) is 18.8. The van der Waals surface area contributed by atoms with Crippen LogP contribution in [0, 0.1) is 0 Å². The number of nitrogens with two attached hydrogens (primary N) is 1. The van der Waals surface area contributed by atoms with Crippen molar-refractivity contribution >= 4 is 27.9 Å². The van der Waals surface area contributed by atoms with E-state index in [0.29, 0.717) is 6.54 Å². The summed E-state index contributed by atoms with van der Waals surface area (Å²) >= 11 is 0. The Kier molecular flexibility index (Phi) is 4.56. The summed E-state index contributed by atoms with van der Waals surface area (Å²) in [5, 5.41) is 13.2. The molecular formula is C22H27N3O3. The third kappa shape index (κ3) is 3.23. The first-order valence-corrected chi connectivity index (χ1v) is 9.65. The van der Waals surface area contributed by atoms with Crippen LogP contribution in [0.5, 0.6) is 0 Å². The molecule has 0 saturated carbocycles. The number of aliphatic hydroxyl groups is 1. The molecule has 1 aliphatic rings. The number of ether oxygens (including phenoxy) is 1. The average Bonchev–Trinajstić information content (AvgIpc) is 2.97. The van der Waals surface area contributed by atoms with Gasteiger partial charge in [-0.1, -0.05) is 36.4 Å². The summed E-state index contributed by atoms with van der Waals surface area (Å²) < 4.78 is 7.66. The lowest BCUT2D eigenvalue weighted by Crippen LogP contribution is -2.58. The molecule has 3 N–H and O–H groups in total. The fourth-order valence-corrected chi connectivity index (χ4v) is 4.08. The molecule has 2 aromatic carbocycles. The van der Waals surface area contributed by atoms with Crippen LogP contribution in [0.3, 0.4) is 0 Å². The molecule has 1 aliphatic heterocycles. The summed E-state index contributed by atoms with van der Waals surface area (Å²) in [4.78, 5) is 14.3. The number of hydrogen-bond acceptors (Lipinski definition) is 4. The second-order valence-corrected chi connectivity index (χ2v) is 8.51. The highest BCUT2D eigenvalue weighted by molar-refractivity contribution is 6.08. The number of para-hydroxylation sites is 2. The van der Waals surface area contributed by atoms with E-state index in [4.69, 9.17) is 10.5 Å². The summed E-state index contributed by atoms with van der Waals surface area (Å²) in [7, 11) is 0. The number of carbonyl (C=O) groups excluding carboxylic acids is 1. The van der Waals surface area contributed by atoms with Crippen LogP contribution in [-0.4, -0.2) is 51.5 Å². The quantitative estimate of drug-likeness (QED) is 0.678. The minimum Gasteiger partial charge on any atom is -0.444 e. The van der Waals surface area contributed by atoms with E-state index in [1.807, 2.05) is 57.2 Å². The van der Waals surface area contributed by atoms with Crippen molar-refractivity contribution in [2.45, 2.75) is 44.6 Å². The van der Waals surface area contributed by atoms with Crippen LogP contribution in [0.2, 0.25) is 0 Å². The van der Waals surface area contributed by atoms with Gasteiger partial charge in [0.2, 0.25) is 0 Å². The van der Waals surface area contributed by atoms with Crippen molar-refractivity contribution in [3.63, 3.8) is 0 Å². The number of amides is 1. The molecule has 0 unspecified atom stereocenters. The number of rotatable bonds is 1. The maximum absolute atomic E-state index is 12.7. The lowest BCUT2D eigenvalue weighted by atomic mass is 9.97. The fraction of sp³-hybridized carbons (Fsp3) is 0.409. The van der Waals surface area contributed by atoms with Crippen molar-refractivity contribution in [2.24, 2.45) is 5.73 Å². The van der Waals surface area contributed by atoms with Crippen LogP contribution >= 0.6 is 0 Å². The lowest BCUT2D eigenvalue weighted by Gasteiger charge is -2.41. The van der Waals surface area contributed by atoms with Gasteiger partial charge in [0.05, 0.1) is 18.2 Å². The van der Waals surface area contributed by atoms with Gasteiger partial charge in [-0.2, -0.15) is 0 Å². The van der Waals surface area contributed by atoms with E-state index < -0.39 is 23.8 Å². The Morgan fingerprint density at radius 2 is 1.57 bits per heavy atom. The summed E-state index contributed by atoms with van der Waals surface area (Å²) in [6.07, 6.45) is -1.17. The topological polar surface area (TPSA) is 80.7 Å². The molecule has 3 atom stereocenters. The minimum atomic E-state index is -0.766. The molecule has 0 bridgehead atoms. The van der Waals surface area contributed by atoms with Crippen molar-refractivity contribution in [3.8, 4) is 0 Å². The van der Waals surface area contributed by atoms with E-state index in [0.717, 1.165) is 21.8 Å². The molecular weight excluding hydrogens is 354 g/mol. The summed E-state index contributed by atoms with van der Waals surface area (Å²) in [5.74, 6) is 0. The number of fused-ring (bicyclic) bond motifs is 3. The van der Waals surface area contributed by atoms with E-state index >= 15 is 0 Å². The molecule has 6 heteroatoms. The van der Waals surface area contributed by atoms with E-state index in [2.05, 4.69) is 16.7 Å². The summed E-state index contributed by atoms with van der Waals surface area (Å²) in [6.45, 7) is 6.13. The zero-order chi connectivity index (χ0) is 20.1. The van der Waals surface area contributed by atoms with Crippen molar-refractivity contribution in [1.82, 2.24) is 9.47 Å². The van der Waals surface area contributed by atoms with Gasteiger partial charge in [-0.3, -0.25) is 0 Å². The highest BCUT2D eigenvalue weighted by atomic mass is 16.6. The number of piperidine rings is 1. The number of likely N-dealkylation sites (tertiary alicyclic amines) is 1. The maximum atomic E-state index is 12.7. The van der Waals surface area contributed by atoms with Crippen molar-refractivity contribution in [3.05, 3.63) is 48.5 Å². The van der Waals surface area contributed by atoms with Gasteiger partial charge in [0, 0.05) is 34.9 Å². The molecule has 4 rings (SSSR count). The van der Waals surface area contributed by atoms with Crippen LogP contribution in [0.25, 0.3) is 21.8 Å². The summed E-state index contributed by atoms with van der Waals surface area (Å²) in [6, 6.07) is 15.3. The predicted molar refractivity (Wildman–Crippen MR) is 110 cm³/mol. The Labute approximate surface area is 164 Å². The van der Waals surface area contributed by atoms with Crippen molar-refractivity contribution in [1.29, 1.82) is 0 Å². The monoisotopic (exact) mass is 381 g/mol.